The standard InChI is InChI=1S/C17H15NO3/c1-2-9-18-17-13(10-19)16(20)15-12-6-4-3-5-11(12)7-8-14(15)21-17/h3-8,10,18H,2,9H2,1H3. The first-order valence-electron chi connectivity index (χ1n) is 6.94. The molecule has 4 nitrogen and oxygen atoms in total. The summed E-state index contributed by atoms with van der Waals surface area (Å²) < 4.78 is 5.73. The van der Waals surface area contributed by atoms with Crippen LogP contribution in [0.3, 0.4) is 0 Å². The van der Waals surface area contributed by atoms with Crippen LogP contribution in [-0.4, -0.2) is 12.8 Å². The predicted molar refractivity (Wildman–Crippen MR) is 84.2 cm³/mol. The van der Waals surface area contributed by atoms with Crippen LogP contribution in [-0.2, 0) is 0 Å². The van der Waals surface area contributed by atoms with E-state index in [-0.39, 0.29) is 16.9 Å². The second-order valence-corrected chi connectivity index (χ2v) is 4.88. The molecule has 0 amide bonds. The van der Waals surface area contributed by atoms with E-state index in [1.807, 2.05) is 37.3 Å². The van der Waals surface area contributed by atoms with Gasteiger partial charge in [-0.2, -0.15) is 0 Å². The average molecular weight is 281 g/mol. The normalized spacial score (nSPS) is 10.9. The molecule has 3 aromatic rings. The van der Waals surface area contributed by atoms with Gasteiger partial charge in [-0.15, -0.1) is 0 Å². The van der Waals surface area contributed by atoms with E-state index in [2.05, 4.69) is 5.32 Å². The summed E-state index contributed by atoms with van der Waals surface area (Å²) >= 11 is 0. The Labute approximate surface area is 121 Å². The zero-order chi connectivity index (χ0) is 14.8. The largest absolute Gasteiger partial charge is 0.440 e. The van der Waals surface area contributed by atoms with Crippen molar-refractivity contribution in [3.8, 4) is 0 Å². The van der Waals surface area contributed by atoms with Gasteiger partial charge in [-0.1, -0.05) is 37.3 Å². The van der Waals surface area contributed by atoms with E-state index in [1.165, 1.54) is 0 Å². The summed E-state index contributed by atoms with van der Waals surface area (Å²) in [6, 6.07) is 11.2. The summed E-state index contributed by atoms with van der Waals surface area (Å²) in [6.07, 6.45) is 1.43. The molecule has 4 heteroatoms. The maximum Gasteiger partial charge on any atom is 0.208 e. The molecule has 3 rings (SSSR count). The first-order valence-corrected chi connectivity index (χ1v) is 6.94. The van der Waals surface area contributed by atoms with Gasteiger partial charge < -0.3 is 9.73 Å². The molecule has 0 unspecified atom stereocenters. The molecule has 0 spiro atoms. The van der Waals surface area contributed by atoms with Gasteiger partial charge in [0.2, 0.25) is 11.3 Å². The van der Waals surface area contributed by atoms with Crippen molar-refractivity contribution >= 4 is 33.9 Å². The number of benzene rings is 2. The monoisotopic (exact) mass is 281 g/mol. The van der Waals surface area contributed by atoms with Crippen molar-refractivity contribution in [2.45, 2.75) is 13.3 Å². The second kappa shape index (κ2) is 5.40. The zero-order valence-corrected chi connectivity index (χ0v) is 11.7. The Morgan fingerprint density at radius 2 is 2.00 bits per heavy atom. The summed E-state index contributed by atoms with van der Waals surface area (Å²) in [7, 11) is 0. The summed E-state index contributed by atoms with van der Waals surface area (Å²) in [6.45, 7) is 2.64. The number of carbonyl (C=O) groups is 1. The van der Waals surface area contributed by atoms with Crippen molar-refractivity contribution in [1.82, 2.24) is 0 Å². The van der Waals surface area contributed by atoms with Crippen LogP contribution >= 0.6 is 0 Å². The molecule has 1 aromatic heterocycles. The SMILES string of the molecule is CCCNc1oc2ccc3ccccc3c2c(=O)c1C=O. The molecular weight excluding hydrogens is 266 g/mol. The van der Waals surface area contributed by atoms with Gasteiger partial charge in [-0.05, 0) is 23.3 Å². The minimum absolute atomic E-state index is 0.0484. The van der Waals surface area contributed by atoms with E-state index in [9.17, 15) is 9.59 Å². The van der Waals surface area contributed by atoms with Crippen LogP contribution in [0.15, 0.2) is 45.6 Å². The van der Waals surface area contributed by atoms with Crippen molar-refractivity contribution in [2.24, 2.45) is 0 Å². The Bertz CT molecular complexity index is 880. The van der Waals surface area contributed by atoms with E-state index in [0.29, 0.717) is 23.8 Å². The summed E-state index contributed by atoms with van der Waals surface area (Å²) in [4.78, 5) is 23.9. The first kappa shape index (κ1) is 13.4. The molecule has 2 aromatic carbocycles. The molecule has 0 saturated heterocycles. The first-order chi connectivity index (χ1) is 10.3. The fraction of sp³-hybridized carbons (Fsp3) is 0.176. The van der Waals surface area contributed by atoms with Gasteiger partial charge in [0.1, 0.15) is 11.1 Å². The molecule has 1 heterocycles. The summed E-state index contributed by atoms with van der Waals surface area (Å²) in [5, 5.41) is 5.20. The van der Waals surface area contributed by atoms with Crippen LogP contribution in [0.1, 0.15) is 23.7 Å². The highest BCUT2D eigenvalue weighted by molar-refractivity contribution is 6.07. The molecule has 0 bridgehead atoms. The molecule has 106 valence electrons. The third-order valence-electron chi connectivity index (χ3n) is 3.47. The number of aldehydes is 1. The van der Waals surface area contributed by atoms with Crippen LogP contribution in [0, 0.1) is 0 Å². The molecule has 0 aliphatic rings. The molecule has 21 heavy (non-hydrogen) atoms. The predicted octanol–water partition coefficient (Wildman–Crippen LogP) is 3.58. The Morgan fingerprint density at radius 3 is 2.76 bits per heavy atom. The number of hydrogen-bond acceptors (Lipinski definition) is 4. The fourth-order valence-corrected chi connectivity index (χ4v) is 2.45. The Morgan fingerprint density at radius 1 is 1.19 bits per heavy atom. The van der Waals surface area contributed by atoms with E-state index in [1.54, 1.807) is 6.07 Å². The number of fused-ring (bicyclic) bond motifs is 3. The summed E-state index contributed by atoms with van der Waals surface area (Å²) in [5.41, 5.74) is 0.247. The fourth-order valence-electron chi connectivity index (χ4n) is 2.45. The average Bonchev–Trinajstić information content (AvgIpc) is 2.52. The van der Waals surface area contributed by atoms with Crippen molar-refractivity contribution in [1.29, 1.82) is 0 Å². The van der Waals surface area contributed by atoms with E-state index >= 15 is 0 Å². The lowest BCUT2D eigenvalue weighted by atomic mass is 10.0. The van der Waals surface area contributed by atoms with Gasteiger partial charge in [0.25, 0.3) is 0 Å². The number of carbonyl (C=O) groups excluding carboxylic acids is 1. The molecule has 0 atom stereocenters. The van der Waals surface area contributed by atoms with Gasteiger partial charge in [-0.3, -0.25) is 9.59 Å². The number of anilines is 1. The highest BCUT2D eigenvalue weighted by atomic mass is 16.3. The Kier molecular flexibility index (Phi) is 3.44. The molecule has 0 aliphatic carbocycles. The van der Waals surface area contributed by atoms with Crippen molar-refractivity contribution in [3.05, 3.63) is 52.2 Å². The van der Waals surface area contributed by atoms with Crippen LogP contribution in [0.25, 0.3) is 21.7 Å². The number of hydrogen-bond donors (Lipinski definition) is 1. The highest BCUT2D eigenvalue weighted by Gasteiger charge is 2.15. The maximum absolute atomic E-state index is 12.6. The lowest BCUT2D eigenvalue weighted by Crippen LogP contribution is -2.14. The molecule has 0 aliphatic heterocycles. The van der Waals surface area contributed by atoms with Crippen LogP contribution in [0.4, 0.5) is 5.88 Å². The summed E-state index contributed by atoms with van der Waals surface area (Å²) in [5.74, 6) is 0.250. The van der Waals surface area contributed by atoms with E-state index < -0.39 is 0 Å². The van der Waals surface area contributed by atoms with Crippen LogP contribution in [0.5, 0.6) is 0 Å². The van der Waals surface area contributed by atoms with E-state index in [4.69, 9.17) is 4.42 Å². The Hall–Kier alpha value is -2.62. The van der Waals surface area contributed by atoms with Gasteiger partial charge in [0.15, 0.2) is 6.29 Å². The highest BCUT2D eigenvalue weighted by Crippen LogP contribution is 2.26. The third kappa shape index (κ3) is 2.18. The lowest BCUT2D eigenvalue weighted by Gasteiger charge is -2.09. The maximum atomic E-state index is 12.6. The minimum Gasteiger partial charge on any atom is -0.440 e. The van der Waals surface area contributed by atoms with Gasteiger partial charge in [0, 0.05) is 6.54 Å². The van der Waals surface area contributed by atoms with Gasteiger partial charge >= 0.3 is 0 Å². The van der Waals surface area contributed by atoms with Crippen molar-refractivity contribution in [3.63, 3.8) is 0 Å². The molecular formula is C17H15NO3. The molecule has 0 fully saturated rings. The van der Waals surface area contributed by atoms with Crippen molar-refractivity contribution in [2.75, 3.05) is 11.9 Å². The lowest BCUT2D eigenvalue weighted by molar-refractivity contribution is 0.112. The van der Waals surface area contributed by atoms with Gasteiger partial charge in [0.05, 0.1) is 5.39 Å². The third-order valence-corrected chi connectivity index (χ3v) is 3.47. The van der Waals surface area contributed by atoms with E-state index in [0.717, 1.165) is 17.2 Å². The smallest absolute Gasteiger partial charge is 0.208 e. The van der Waals surface area contributed by atoms with Crippen LogP contribution in [0.2, 0.25) is 0 Å². The molecule has 1 N–H and O–H groups in total. The number of nitrogens with one attached hydrogen (secondary N) is 1. The van der Waals surface area contributed by atoms with Crippen molar-refractivity contribution < 1.29 is 9.21 Å². The molecule has 0 radical (unpaired) electrons. The second-order valence-electron chi connectivity index (χ2n) is 4.88. The quantitative estimate of drug-likeness (QED) is 0.586. The van der Waals surface area contributed by atoms with Crippen LogP contribution < -0.4 is 10.7 Å². The number of rotatable bonds is 4. The topological polar surface area (TPSA) is 59.3 Å². The zero-order valence-electron chi connectivity index (χ0n) is 11.7. The Balaban J connectivity index is 2.39. The van der Waals surface area contributed by atoms with Gasteiger partial charge in [-0.25, -0.2) is 0 Å². The minimum atomic E-state index is -0.290. The molecule has 0 saturated carbocycles.